The van der Waals surface area contributed by atoms with Crippen LogP contribution in [-0.2, 0) is 6.54 Å². The molecule has 0 saturated carbocycles. The molecule has 0 atom stereocenters. The minimum atomic E-state index is -0.187. The average molecular weight is 327 g/mol. The van der Waals surface area contributed by atoms with Crippen LogP contribution in [-0.4, -0.2) is 15.0 Å². The van der Waals surface area contributed by atoms with E-state index in [-0.39, 0.29) is 5.56 Å². The summed E-state index contributed by atoms with van der Waals surface area (Å²) in [6, 6.07) is 10.9. The molecule has 0 radical (unpaired) electrons. The summed E-state index contributed by atoms with van der Waals surface area (Å²) in [4.78, 5) is 23.6. The molecular weight excluding hydrogens is 312 g/mol. The number of aromatic nitrogens is 3. The van der Waals surface area contributed by atoms with Crippen molar-refractivity contribution in [3.05, 3.63) is 75.4 Å². The van der Waals surface area contributed by atoms with E-state index in [2.05, 4.69) is 20.3 Å². The zero-order valence-corrected chi connectivity index (χ0v) is 13.3. The molecular formula is C17H15ClN4O. The molecule has 1 aromatic carbocycles. The lowest BCUT2D eigenvalue weighted by molar-refractivity contribution is 1.01. The topological polar surface area (TPSA) is 70.7 Å². The minimum Gasteiger partial charge on any atom is -0.352 e. The second-order valence-corrected chi connectivity index (χ2v) is 5.53. The van der Waals surface area contributed by atoms with Crippen LogP contribution in [0, 0.1) is 6.92 Å². The van der Waals surface area contributed by atoms with E-state index in [0.717, 1.165) is 11.1 Å². The van der Waals surface area contributed by atoms with Gasteiger partial charge in [0, 0.05) is 24.0 Å². The smallest absolute Gasteiger partial charge is 0.260 e. The van der Waals surface area contributed by atoms with Crippen molar-refractivity contribution in [1.29, 1.82) is 0 Å². The molecule has 6 heteroatoms. The van der Waals surface area contributed by atoms with Crippen molar-refractivity contribution < 1.29 is 0 Å². The molecule has 5 nitrogen and oxygen atoms in total. The molecule has 2 aromatic heterocycles. The summed E-state index contributed by atoms with van der Waals surface area (Å²) in [5.74, 6) is 0.439. The largest absolute Gasteiger partial charge is 0.352 e. The Hall–Kier alpha value is -2.66. The second kappa shape index (κ2) is 6.62. The molecule has 0 saturated heterocycles. The van der Waals surface area contributed by atoms with Gasteiger partial charge in [0.25, 0.3) is 5.56 Å². The fraction of sp³-hybridized carbons (Fsp3) is 0.118. The van der Waals surface area contributed by atoms with Crippen LogP contribution < -0.4 is 10.9 Å². The van der Waals surface area contributed by atoms with Gasteiger partial charge in [-0.2, -0.15) is 0 Å². The first-order valence-electron chi connectivity index (χ1n) is 7.13. The van der Waals surface area contributed by atoms with E-state index in [1.54, 1.807) is 24.5 Å². The molecule has 0 fully saturated rings. The van der Waals surface area contributed by atoms with Crippen LogP contribution in [0.1, 0.15) is 11.3 Å². The highest BCUT2D eigenvalue weighted by atomic mass is 35.5. The Bertz CT molecular complexity index is 860. The molecule has 0 aliphatic heterocycles. The van der Waals surface area contributed by atoms with Crippen LogP contribution in [0.3, 0.4) is 0 Å². The zero-order valence-electron chi connectivity index (χ0n) is 12.5. The van der Waals surface area contributed by atoms with Crippen molar-refractivity contribution in [2.45, 2.75) is 13.5 Å². The number of nitrogens with one attached hydrogen (secondary N) is 2. The van der Waals surface area contributed by atoms with Crippen molar-refractivity contribution in [3.8, 4) is 11.1 Å². The van der Waals surface area contributed by atoms with Crippen LogP contribution in [0.4, 0.5) is 5.95 Å². The molecule has 0 spiro atoms. The highest BCUT2D eigenvalue weighted by molar-refractivity contribution is 6.30. The number of rotatable bonds is 4. The fourth-order valence-electron chi connectivity index (χ4n) is 2.31. The number of anilines is 1. The molecule has 0 aliphatic rings. The molecule has 3 rings (SSSR count). The summed E-state index contributed by atoms with van der Waals surface area (Å²) in [6.07, 6.45) is 3.48. The Morgan fingerprint density at radius 3 is 2.65 bits per heavy atom. The number of pyridine rings is 1. The van der Waals surface area contributed by atoms with Crippen molar-refractivity contribution in [2.75, 3.05) is 5.32 Å². The third-order valence-corrected chi connectivity index (χ3v) is 3.67. The van der Waals surface area contributed by atoms with Crippen LogP contribution in [0.15, 0.2) is 53.6 Å². The van der Waals surface area contributed by atoms with E-state index in [1.165, 1.54) is 0 Å². The van der Waals surface area contributed by atoms with Gasteiger partial charge in [0.2, 0.25) is 5.95 Å². The first kappa shape index (κ1) is 15.2. The lowest BCUT2D eigenvalue weighted by Crippen LogP contribution is -2.16. The van der Waals surface area contributed by atoms with Gasteiger partial charge < -0.3 is 5.32 Å². The van der Waals surface area contributed by atoms with E-state index in [1.807, 2.05) is 31.2 Å². The summed E-state index contributed by atoms with van der Waals surface area (Å²) in [7, 11) is 0. The van der Waals surface area contributed by atoms with Crippen LogP contribution in [0.5, 0.6) is 0 Å². The lowest BCUT2D eigenvalue weighted by Gasteiger charge is -2.09. The number of H-pyrrole nitrogens is 1. The number of nitrogens with zero attached hydrogens (tertiary/aromatic N) is 2. The molecule has 2 N–H and O–H groups in total. The molecule has 3 aromatic rings. The van der Waals surface area contributed by atoms with Gasteiger partial charge in [-0.1, -0.05) is 29.8 Å². The number of benzene rings is 1. The molecule has 0 bridgehead atoms. The first-order valence-corrected chi connectivity index (χ1v) is 7.51. The van der Waals surface area contributed by atoms with E-state index in [9.17, 15) is 4.79 Å². The number of aromatic amines is 1. The highest BCUT2D eigenvalue weighted by Crippen LogP contribution is 2.21. The van der Waals surface area contributed by atoms with Crippen LogP contribution in [0.2, 0.25) is 5.02 Å². The van der Waals surface area contributed by atoms with Crippen LogP contribution >= 0.6 is 11.6 Å². The van der Waals surface area contributed by atoms with Crippen LogP contribution in [0.25, 0.3) is 11.1 Å². The third kappa shape index (κ3) is 3.57. The Kier molecular flexibility index (Phi) is 4.39. The molecule has 0 amide bonds. The monoisotopic (exact) mass is 326 g/mol. The van der Waals surface area contributed by atoms with E-state index in [0.29, 0.717) is 28.8 Å². The quantitative estimate of drug-likeness (QED) is 0.770. The Morgan fingerprint density at radius 1 is 1.22 bits per heavy atom. The summed E-state index contributed by atoms with van der Waals surface area (Å²) >= 11 is 5.89. The maximum Gasteiger partial charge on any atom is 0.260 e. The Morgan fingerprint density at radius 2 is 2.00 bits per heavy atom. The van der Waals surface area contributed by atoms with Gasteiger partial charge in [-0.05, 0) is 36.2 Å². The van der Waals surface area contributed by atoms with Gasteiger partial charge in [-0.15, -0.1) is 0 Å². The maximum absolute atomic E-state index is 12.4. The number of aryl methyl sites for hydroxylation is 1. The summed E-state index contributed by atoms with van der Waals surface area (Å²) in [6.45, 7) is 2.35. The first-order chi connectivity index (χ1) is 11.1. The van der Waals surface area contributed by atoms with E-state index in [4.69, 9.17) is 11.6 Å². The molecule has 23 heavy (non-hydrogen) atoms. The lowest BCUT2D eigenvalue weighted by atomic mass is 10.1. The van der Waals surface area contributed by atoms with E-state index < -0.39 is 0 Å². The van der Waals surface area contributed by atoms with Gasteiger partial charge in [0.15, 0.2) is 0 Å². The zero-order chi connectivity index (χ0) is 16.2. The Labute approximate surface area is 138 Å². The van der Waals surface area contributed by atoms with Crippen molar-refractivity contribution in [2.24, 2.45) is 0 Å². The SMILES string of the molecule is Cc1nc(NCc2cccnc2)[nH]c(=O)c1-c1ccc(Cl)cc1. The molecule has 0 unspecified atom stereocenters. The standard InChI is InChI=1S/C17H15ClN4O/c1-11-15(13-4-6-14(18)7-5-13)16(23)22-17(21-11)20-10-12-3-2-8-19-9-12/h2-9H,10H2,1H3,(H2,20,21,22,23). The van der Waals surface area contributed by atoms with Crippen molar-refractivity contribution >= 4 is 17.5 Å². The normalized spacial score (nSPS) is 10.5. The van der Waals surface area contributed by atoms with Gasteiger partial charge in [0.1, 0.15) is 0 Å². The van der Waals surface area contributed by atoms with E-state index >= 15 is 0 Å². The van der Waals surface area contributed by atoms with Gasteiger partial charge >= 0.3 is 0 Å². The maximum atomic E-state index is 12.4. The van der Waals surface area contributed by atoms with Gasteiger partial charge in [0.05, 0.1) is 11.3 Å². The number of hydrogen-bond donors (Lipinski definition) is 2. The predicted molar refractivity (Wildman–Crippen MR) is 91.6 cm³/mol. The number of halogens is 1. The highest BCUT2D eigenvalue weighted by Gasteiger charge is 2.10. The summed E-state index contributed by atoms with van der Waals surface area (Å²) in [5, 5.41) is 3.73. The molecule has 0 aliphatic carbocycles. The van der Waals surface area contributed by atoms with Crippen molar-refractivity contribution in [1.82, 2.24) is 15.0 Å². The minimum absolute atomic E-state index is 0.187. The second-order valence-electron chi connectivity index (χ2n) is 5.10. The Balaban J connectivity index is 1.85. The fourth-order valence-corrected chi connectivity index (χ4v) is 2.44. The third-order valence-electron chi connectivity index (χ3n) is 3.42. The van der Waals surface area contributed by atoms with Crippen molar-refractivity contribution in [3.63, 3.8) is 0 Å². The molecule has 116 valence electrons. The average Bonchev–Trinajstić information content (AvgIpc) is 2.55. The summed E-state index contributed by atoms with van der Waals surface area (Å²) in [5.41, 5.74) is 2.82. The predicted octanol–water partition coefficient (Wildman–Crippen LogP) is 3.41. The van der Waals surface area contributed by atoms with Gasteiger partial charge in [-0.25, -0.2) is 4.98 Å². The number of hydrogen-bond acceptors (Lipinski definition) is 4. The summed E-state index contributed by atoms with van der Waals surface area (Å²) < 4.78 is 0. The molecule has 2 heterocycles. The van der Waals surface area contributed by atoms with Gasteiger partial charge in [-0.3, -0.25) is 14.8 Å².